The van der Waals surface area contributed by atoms with Gasteiger partial charge in [-0.05, 0) is 18.9 Å². The molecule has 0 spiro atoms. The lowest BCUT2D eigenvalue weighted by Crippen LogP contribution is -2.21. The Hall–Kier alpha value is -2.08. The summed E-state index contributed by atoms with van der Waals surface area (Å²) in [5.74, 6) is 0.346. The first-order valence-electron chi connectivity index (χ1n) is 8.52. The minimum absolute atomic E-state index is 0.0378. The normalized spacial score (nSPS) is 10.6. The smallest absolute Gasteiger partial charge is 0.310 e. The summed E-state index contributed by atoms with van der Waals surface area (Å²) >= 11 is 1.47. The molecule has 0 bridgehead atoms. The minimum atomic E-state index is -0.379. The zero-order valence-electron chi connectivity index (χ0n) is 14.7. The second-order valence-electron chi connectivity index (χ2n) is 5.81. The number of rotatable bonds is 9. The third kappa shape index (κ3) is 6.38. The fourth-order valence-electron chi connectivity index (χ4n) is 2.32. The number of aromatic nitrogens is 2. The van der Waals surface area contributed by atoms with Crippen molar-refractivity contribution in [1.29, 1.82) is 0 Å². The molecule has 0 unspecified atom stereocenters. The van der Waals surface area contributed by atoms with E-state index in [1.54, 1.807) is 6.92 Å². The van der Waals surface area contributed by atoms with Gasteiger partial charge in [0.15, 0.2) is 5.16 Å². The van der Waals surface area contributed by atoms with Gasteiger partial charge in [-0.1, -0.05) is 61.9 Å². The number of nitrogens with zero attached hydrogens (tertiary/aromatic N) is 1. The Balaban J connectivity index is 1.95. The Morgan fingerprint density at radius 2 is 2.00 bits per heavy atom. The minimum Gasteiger partial charge on any atom is -0.465 e. The maximum atomic E-state index is 12.3. The largest absolute Gasteiger partial charge is 0.465 e. The molecule has 134 valence electrons. The van der Waals surface area contributed by atoms with E-state index in [1.807, 2.05) is 30.3 Å². The molecule has 0 aliphatic rings. The van der Waals surface area contributed by atoms with Crippen LogP contribution in [0, 0.1) is 6.92 Å². The molecule has 2 rings (SSSR count). The summed E-state index contributed by atoms with van der Waals surface area (Å²) in [7, 11) is 0. The summed E-state index contributed by atoms with van der Waals surface area (Å²) in [6.07, 6.45) is 2.92. The summed E-state index contributed by atoms with van der Waals surface area (Å²) in [5, 5.41) is 0.561. The molecule has 1 aromatic carbocycles. The van der Waals surface area contributed by atoms with Crippen molar-refractivity contribution in [2.24, 2.45) is 0 Å². The number of aryl methyl sites for hydroxylation is 1. The molecular formula is C19H24N2O3S. The lowest BCUT2D eigenvalue weighted by atomic mass is 10.2. The third-order valence-electron chi connectivity index (χ3n) is 3.75. The van der Waals surface area contributed by atoms with E-state index in [1.165, 1.54) is 11.8 Å². The van der Waals surface area contributed by atoms with Crippen LogP contribution in [0.25, 0.3) is 0 Å². The highest BCUT2D eigenvalue weighted by Crippen LogP contribution is 2.18. The van der Waals surface area contributed by atoms with Crippen molar-refractivity contribution in [2.75, 3.05) is 6.61 Å². The average Bonchev–Trinajstić information content (AvgIpc) is 2.61. The number of thioether (sulfide) groups is 1. The molecule has 1 aromatic heterocycles. The number of hydrogen-bond acceptors (Lipinski definition) is 5. The fourth-order valence-corrected chi connectivity index (χ4v) is 3.18. The van der Waals surface area contributed by atoms with E-state index in [2.05, 4.69) is 16.9 Å². The number of carbonyl (C=O) groups is 1. The second-order valence-corrected chi connectivity index (χ2v) is 6.78. The topological polar surface area (TPSA) is 72.0 Å². The molecule has 1 heterocycles. The number of esters is 1. The van der Waals surface area contributed by atoms with Crippen molar-refractivity contribution >= 4 is 17.7 Å². The van der Waals surface area contributed by atoms with Crippen LogP contribution in [-0.4, -0.2) is 22.5 Å². The highest BCUT2D eigenvalue weighted by atomic mass is 32.2. The molecule has 0 aliphatic heterocycles. The van der Waals surface area contributed by atoms with E-state index < -0.39 is 0 Å². The van der Waals surface area contributed by atoms with E-state index in [4.69, 9.17) is 4.74 Å². The predicted molar refractivity (Wildman–Crippen MR) is 99.8 cm³/mol. The van der Waals surface area contributed by atoms with Gasteiger partial charge in [0, 0.05) is 17.0 Å². The monoisotopic (exact) mass is 360 g/mol. The van der Waals surface area contributed by atoms with Gasteiger partial charge in [0.2, 0.25) is 0 Å². The van der Waals surface area contributed by atoms with Crippen LogP contribution in [0.3, 0.4) is 0 Å². The van der Waals surface area contributed by atoms with Gasteiger partial charge in [0.25, 0.3) is 5.56 Å². The van der Waals surface area contributed by atoms with Gasteiger partial charge in [-0.2, -0.15) is 0 Å². The molecule has 25 heavy (non-hydrogen) atoms. The van der Waals surface area contributed by atoms with Crippen LogP contribution in [-0.2, 0) is 21.7 Å². The Morgan fingerprint density at radius 3 is 2.68 bits per heavy atom. The lowest BCUT2D eigenvalue weighted by molar-refractivity contribution is -0.143. The van der Waals surface area contributed by atoms with E-state index in [9.17, 15) is 9.59 Å². The maximum absolute atomic E-state index is 12.3. The van der Waals surface area contributed by atoms with E-state index in [0.717, 1.165) is 30.6 Å². The fraction of sp³-hybridized carbons (Fsp3) is 0.421. The van der Waals surface area contributed by atoms with Gasteiger partial charge < -0.3 is 9.72 Å². The molecule has 0 amide bonds. The second kappa shape index (κ2) is 10.0. The first-order valence-corrected chi connectivity index (χ1v) is 9.51. The van der Waals surface area contributed by atoms with Gasteiger partial charge in [-0.15, -0.1) is 0 Å². The zero-order valence-corrected chi connectivity index (χ0v) is 15.5. The highest BCUT2D eigenvalue weighted by molar-refractivity contribution is 7.98. The summed E-state index contributed by atoms with van der Waals surface area (Å²) < 4.78 is 5.17. The van der Waals surface area contributed by atoms with Crippen molar-refractivity contribution in [2.45, 2.75) is 50.4 Å². The lowest BCUT2D eigenvalue weighted by Gasteiger charge is -2.08. The number of H-pyrrole nitrogens is 1. The van der Waals surface area contributed by atoms with Crippen LogP contribution in [0.1, 0.15) is 43.0 Å². The molecule has 6 heteroatoms. The van der Waals surface area contributed by atoms with Gasteiger partial charge in [-0.25, -0.2) is 4.98 Å². The van der Waals surface area contributed by atoms with Crippen molar-refractivity contribution in [3.8, 4) is 0 Å². The number of aromatic amines is 1. The average molecular weight is 360 g/mol. The standard InChI is InChI=1S/C19H24N2O3S/c1-3-4-8-11-24-17(22)12-16-14(2)20-19(21-18(16)23)25-13-15-9-6-5-7-10-15/h5-7,9-10H,3-4,8,11-13H2,1-2H3,(H,20,21,23). The summed E-state index contributed by atoms with van der Waals surface area (Å²) in [6, 6.07) is 9.98. The van der Waals surface area contributed by atoms with Crippen molar-refractivity contribution in [1.82, 2.24) is 9.97 Å². The SMILES string of the molecule is CCCCCOC(=O)Cc1c(C)nc(SCc2ccccc2)[nH]c1=O. The molecule has 0 aliphatic carbocycles. The van der Waals surface area contributed by atoms with Crippen molar-refractivity contribution in [3.63, 3.8) is 0 Å². The molecule has 1 N–H and O–H groups in total. The predicted octanol–water partition coefficient (Wildman–Crippen LogP) is 3.65. The Morgan fingerprint density at radius 1 is 1.24 bits per heavy atom. The molecule has 2 aromatic rings. The Labute approximate surface area is 152 Å². The number of hydrogen-bond donors (Lipinski definition) is 1. The molecule has 0 fully saturated rings. The van der Waals surface area contributed by atoms with Gasteiger partial charge in [0.1, 0.15) is 0 Å². The first kappa shape index (κ1) is 19.2. The van der Waals surface area contributed by atoms with Crippen molar-refractivity contribution < 1.29 is 9.53 Å². The summed E-state index contributed by atoms with van der Waals surface area (Å²) in [4.78, 5) is 31.3. The van der Waals surface area contributed by atoms with E-state index in [0.29, 0.717) is 23.0 Å². The molecule has 0 saturated carbocycles. The van der Waals surface area contributed by atoms with Crippen LogP contribution in [0.4, 0.5) is 0 Å². The zero-order chi connectivity index (χ0) is 18.1. The molecule has 5 nitrogen and oxygen atoms in total. The van der Waals surface area contributed by atoms with Crippen LogP contribution < -0.4 is 5.56 Å². The van der Waals surface area contributed by atoms with Crippen molar-refractivity contribution in [3.05, 3.63) is 57.5 Å². The number of carbonyl (C=O) groups excluding carboxylic acids is 1. The Bertz CT molecular complexity index is 744. The van der Waals surface area contributed by atoms with E-state index in [-0.39, 0.29) is 17.9 Å². The molecule has 0 atom stereocenters. The van der Waals surface area contributed by atoms with Gasteiger partial charge in [0.05, 0.1) is 13.0 Å². The summed E-state index contributed by atoms with van der Waals surface area (Å²) in [5.41, 5.74) is 1.84. The number of unbranched alkanes of at least 4 members (excludes halogenated alkanes) is 2. The highest BCUT2D eigenvalue weighted by Gasteiger charge is 2.14. The Kier molecular flexibility index (Phi) is 7.73. The number of nitrogens with one attached hydrogen (secondary N) is 1. The van der Waals surface area contributed by atoms with Crippen LogP contribution >= 0.6 is 11.8 Å². The van der Waals surface area contributed by atoms with Crippen LogP contribution in [0.2, 0.25) is 0 Å². The molecular weight excluding hydrogens is 336 g/mol. The van der Waals surface area contributed by atoms with Crippen LogP contribution in [0.15, 0.2) is 40.3 Å². The summed E-state index contributed by atoms with van der Waals surface area (Å²) in [6.45, 7) is 4.25. The van der Waals surface area contributed by atoms with Gasteiger partial charge in [-0.3, -0.25) is 9.59 Å². The van der Waals surface area contributed by atoms with Gasteiger partial charge >= 0.3 is 5.97 Å². The quantitative estimate of drug-likeness (QED) is 0.320. The molecule has 0 radical (unpaired) electrons. The third-order valence-corrected chi connectivity index (χ3v) is 4.70. The maximum Gasteiger partial charge on any atom is 0.310 e. The number of benzene rings is 1. The van der Waals surface area contributed by atoms with Crippen LogP contribution in [0.5, 0.6) is 0 Å². The number of ether oxygens (including phenoxy) is 1. The van der Waals surface area contributed by atoms with E-state index >= 15 is 0 Å². The molecule has 0 saturated heterocycles. The first-order chi connectivity index (χ1) is 12.1.